The van der Waals surface area contributed by atoms with E-state index in [0.29, 0.717) is 12.5 Å². The van der Waals surface area contributed by atoms with E-state index < -0.39 is 0 Å². The van der Waals surface area contributed by atoms with E-state index in [0.717, 1.165) is 29.8 Å². The van der Waals surface area contributed by atoms with E-state index in [1.807, 2.05) is 22.9 Å². The lowest BCUT2D eigenvalue weighted by molar-refractivity contribution is 0.216. The summed E-state index contributed by atoms with van der Waals surface area (Å²) in [5.74, 6) is 0.714. The van der Waals surface area contributed by atoms with Crippen LogP contribution in [0, 0.1) is 6.92 Å². The predicted octanol–water partition coefficient (Wildman–Crippen LogP) is 4.92. The molecule has 4 nitrogen and oxygen atoms in total. The number of benzene rings is 2. The first-order valence-corrected chi connectivity index (χ1v) is 10.3. The van der Waals surface area contributed by atoms with Gasteiger partial charge in [-0.25, -0.2) is 0 Å². The minimum Gasteiger partial charge on any atom is -0.471 e. The normalized spacial score (nSPS) is 14.9. The molecule has 146 valence electrons. The molecule has 2 aromatic carbocycles. The van der Waals surface area contributed by atoms with Gasteiger partial charge >= 0.3 is 0 Å². The number of piperidine rings is 1. The number of ether oxygens (including phenoxy) is 1. The first kappa shape index (κ1) is 18.8. The summed E-state index contributed by atoms with van der Waals surface area (Å²) < 4.78 is 8.18. The molecule has 0 aliphatic carbocycles. The number of nitrogens with zero attached hydrogens (tertiary/aromatic N) is 3. The van der Waals surface area contributed by atoms with E-state index >= 15 is 0 Å². The second kappa shape index (κ2) is 9.07. The lowest BCUT2D eigenvalue weighted by atomic mass is 10.1. The Morgan fingerprint density at radius 2 is 1.64 bits per heavy atom. The third kappa shape index (κ3) is 4.82. The number of aromatic nitrogens is 2. The third-order valence-electron chi connectivity index (χ3n) is 5.40. The standard InChI is InChI=1S/C24H29N3O/c1-20-10-12-22(13-11-20)23-18-27(17-16-26-14-6-3-7-15-26)25-24(23)28-19-21-8-4-2-5-9-21/h2,4-5,8-13,18H,3,6-7,14-17,19H2,1H3. The van der Waals surface area contributed by atoms with Crippen molar-refractivity contribution in [1.82, 2.24) is 14.7 Å². The largest absolute Gasteiger partial charge is 0.471 e. The Morgan fingerprint density at radius 3 is 2.39 bits per heavy atom. The van der Waals surface area contributed by atoms with Crippen LogP contribution in [0.3, 0.4) is 0 Å². The van der Waals surface area contributed by atoms with E-state index in [-0.39, 0.29) is 0 Å². The fraction of sp³-hybridized carbons (Fsp3) is 0.375. The molecule has 3 aromatic rings. The van der Waals surface area contributed by atoms with Gasteiger partial charge in [0.05, 0.1) is 12.1 Å². The second-order valence-corrected chi connectivity index (χ2v) is 7.65. The van der Waals surface area contributed by atoms with Crippen molar-refractivity contribution in [2.45, 2.75) is 39.3 Å². The van der Waals surface area contributed by atoms with Crippen LogP contribution in [-0.2, 0) is 13.2 Å². The summed E-state index contributed by atoms with van der Waals surface area (Å²) in [4.78, 5) is 2.54. The summed E-state index contributed by atoms with van der Waals surface area (Å²) in [6.45, 7) is 7.01. The van der Waals surface area contributed by atoms with Crippen LogP contribution in [0.15, 0.2) is 60.8 Å². The third-order valence-corrected chi connectivity index (χ3v) is 5.40. The van der Waals surface area contributed by atoms with E-state index in [1.165, 1.54) is 37.9 Å². The van der Waals surface area contributed by atoms with Crippen LogP contribution in [0.2, 0.25) is 0 Å². The summed E-state index contributed by atoms with van der Waals surface area (Å²) in [5, 5.41) is 4.78. The molecule has 2 heterocycles. The Balaban J connectivity index is 1.51. The number of likely N-dealkylation sites (tertiary alicyclic amines) is 1. The smallest absolute Gasteiger partial charge is 0.241 e. The van der Waals surface area contributed by atoms with E-state index in [9.17, 15) is 0 Å². The lowest BCUT2D eigenvalue weighted by Gasteiger charge is -2.26. The number of hydrogen-bond donors (Lipinski definition) is 0. The van der Waals surface area contributed by atoms with Crippen molar-refractivity contribution in [2.75, 3.05) is 19.6 Å². The van der Waals surface area contributed by atoms with E-state index in [2.05, 4.69) is 54.4 Å². The molecule has 1 aromatic heterocycles. The van der Waals surface area contributed by atoms with Crippen molar-refractivity contribution in [2.24, 2.45) is 0 Å². The average Bonchev–Trinajstić information content (AvgIpc) is 3.16. The lowest BCUT2D eigenvalue weighted by Crippen LogP contribution is -2.32. The average molecular weight is 376 g/mol. The Hall–Kier alpha value is -2.59. The van der Waals surface area contributed by atoms with Crippen LogP contribution in [-0.4, -0.2) is 34.3 Å². The Labute approximate surface area is 167 Å². The number of hydrogen-bond acceptors (Lipinski definition) is 3. The first-order valence-electron chi connectivity index (χ1n) is 10.3. The molecule has 1 aliphatic heterocycles. The SMILES string of the molecule is Cc1ccc(-c2cn(CCN3CCCCC3)nc2OCc2ccccc2)cc1. The maximum atomic E-state index is 6.13. The summed E-state index contributed by atoms with van der Waals surface area (Å²) in [6.07, 6.45) is 6.14. The molecule has 4 heteroatoms. The van der Waals surface area contributed by atoms with Crippen LogP contribution >= 0.6 is 0 Å². The quantitative estimate of drug-likeness (QED) is 0.587. The molecule has 0 N–H and O–H groups in total. The summed E-state index contributed by atoms with van der Waals surface area (Å²) in [5.41, 5.74) is 4.63. The monoisotopic (exact) mass is 375 g/mol. The molecule has 0 bridgehead atoms. The highest BCUT2D eigenvalue weighted by atomic mass is 16.5. The van der Waals surface area contributed by atoms with Crippen molar-refractivity contribution in [1.29, 1.82) is 0 Å². The molecule has 1 saturated heterocycles. The van der Waals surface area contributed by atoms with Crippen molar-refractivity contribution in [3.05, 3.63) is 71.9 Å². The highest BCUT2D eigenvalue weighted by Crippen LogP contribution is 2.29. The van der Waals surface area contributed by atoms with Crippen LogP contribution in [0.25, 0.3) is 11.1 Å². The van der Waals surface area contributed by atoms with Gasteiger partial charge in [0.15, 0.2) is 0 Å². The fourth-order valence-electron chi connectivity index (χ4n) is 3.71. The Kier molecular flexibility index (Phi) is 6.07. The molecule has 0 atom stereocenters. The Morgan fingerprint density at radius 1 is 0.893 bits per heavy atom. The van der Waals surface area contributed by atoms with Crippen molar-refractivity contribution in [3.8, 4) is 17.0 Å². The molecular weight excluding hydrogens is 346 g/mol. The van der Waals surface area contributed by atoms with Gasteiger partial charge in [0.25, 0.3) is 0 Å². The first-order chi connectivity index (χ1) is 13.8. The molecule has 1 aliphatic rings. The van der Waals surface area contributed by atoms with Gasteiger partial charge < -0.3 is 9.64 Å². The molecule has 4 rings (SSSR count). The highest BCUT2D eigenvalue weighted by molar-refractivity contribution is 5.68. The zero-order valence-corrected chi connectivity index (χ0v) is 16.7. The van der Waals surface area contributed by atoms with Crippen molar-refractivity contribution >= 4 is 0 Å². The van der Waals surface area contributed by atoms with Crippen LogP contribution < -0.4 is 4.74 Å². The zero-order valence-electron chi connectivity index (χ0n) is 16.7. The Bertz CT molecular complexity index is 865. The van der Waals surface area contributed by atoms with E-state index in [4.69, 9.17) is 9.84 Å². The second-order valence-electron chi connectivity index (χ2n) is 7.65. The molecule has 0 radical (unpaired) electrons. The molecule has 0 saturated carbocycles. The van der Waals surface area contributed by atoms with Crippen LogP contribution in [0.4, 0.5) is 0 Å². The fourth-order valence-corrected chi connectivity index (χ4v) is 3.71. The summed E-state index contributed by atoms with van der Waals surface area (Å²) >= 11 is 0. The van der Waals surface area contributed by atoms with Crippen molar-refractivity contribution in [3.63, 3.8) is 0 Å². The van der Waals surface area contributed by atoms with Gasteiger partial charge in [0.2, 0.25) is 5.88 Å². The molecular formula is C24H29N3O. The van der Waals surface area contributed by atoms with Crippen molar-refractivity contribution < 1.29 is 4.74 Å². The minimum atomic E-state index is 0.531. The molecule has 0 unspecified atom stereocenters. The van der Waals surface area contributed by atoms with Gasteiger partial charge in [-0.1, -0.05) is 66.6 Å². The maximum Gasteiger partial charge on any atom is 0.241 e. The maximum absolute atomic E-state index is 6.13. The topological polar surface area (TPSA) is 30.3 Å². The van der Waals surface area contributed by atoms with Gasteiger partial charge in [0.1, 0.15) is 6.61 Å². The predicted molar refractivity (Wildman–Crippen MR) is 113 cm³/mol. The van der Waals surface area contributed by atoms with Crippen LogP contribution in [0.1, 0.15) is 30.4 Å². The van der Waals surface area contributed by atoms with Gasteiger partial charge in [-0.3, -0.25) is 4.68 Å². The molecule has 28 heavy (non-hydrogen) atoms. The summed E-state index contributed by atoms with van der Waals surface area (Å²) in [7, 11) is 0. The van der Waals surface area contributed by atoms with Gasteiger partial charge in [-0.15, -0.1) is 5.10 Å². The highest BCUT2D eigenvalue weighted by Gasteiger charge is 2.15. The van der Waals surface area contributed by atoms with E-state index in [1.54, 1.807) is 0 Å². The number of aryl methyl sites for hydroxylation is 1. The minimum absolute atomic E-state index is 0.531. The van der Waals surface area contributed by atoms with Gasteiger partial charge in [-0.05, 0) is 44.0 Å². The van der Waals surface area contributed by atoms with Gasteiger partial charge in [-0.2, -0.15) is 0 Å². The molecule has 0 spiro atoms. The zero-order chi connectivity index (χ0) is 19.2. The van der Waals surface area contributed by atoms with Gasteiger partial charge in [0, 0.05) is 12.7 Å². The molecule has 0 amide bonds. The van der Waals surface area contributed by atoms with Crippen LogP contribution in [0.5, 0.6) is 5.88 Å². The molecule has 1 fully saturated rings. The number of rotatable bonds is 7. The summed E-state index contributed by atoms with van der Waals surface area (Å²) in [6, 6.07) is 18.8.